The summed E-state index contributed by atoms with van der Waals surface area (Å²) in [5.74, 6) is -0.241. The summed E-state index contributed by atoms with van der Waals surface area (Å²) in [4.78, 5) is 23.8. The predicted octanol–water partition coefficient (Wildman–Crippen LogP) is 3.37. The molecule has 0 spiro atoms. The molecule has 0 atom stereocenters. The number of nitro groups is 1. The molecule has 0 aromatic heterocycles. The molecule has 0 unspecified atom stereocenters. The Bertz CT molecular complexity index is 509. The van der Waals surface area contributed by atoms with Gasteiger partial charge in [0.05, 0.1) is 15.5 Å². The molecule has 0 aliphatic carbocycles. The fraction of sp³-hybridized carbons (Fsp3) is 0.462. The van der Waals surface area contributed by atoms with Crippen molar-refractivity contribution in [1.29, 1.82) is 0 Å². The minimum Gasteiger partial charge on any atom is -0.341 e. The van der Waals surface area contributed by atoms with E-state index in [1.54, 1.807) is 11.9 Å². The number of hydrogen-bond donors (Lipinski definition) is 0. The van der Waals surface area contributed by atoms with Crippen LogP contribution in [0.5, 0.6) is 0 Å². The average Bonchev–Trinajstić information content (AvgIpc) is 2.25. The van der Waals surface area contributed by atoms with Crippen molar-refractivity contribution in [2.75, 3.05) is 13.6 Å². The summed E-state index contributed by atoms with van der Waals surface area (Å²) in [7, 11) is 1.69. The van der Waals surface area contributed by atoms with E-state index in [9.17, 15) is 14.9 Å². The minimum atomic E-state index is -0.543. The summed E-state index contributed by atoms with van der Waals surface area (Å²) in [6, 6.07) is 3.87. The Kier molecular flexibility index (Phi) is 4.52. The van der Waals surface area contributed by atoms with Crippen LogP contribution in [-0.4, -0.2) is 29.3 Å². The molecule has 0 fully saturated rings. The molecule has 0 aliphatic rings. The Morgan fingerprint density at radius 1 is 1.42 bits per heavy atom. The second-order valence-electron chi connectivity index (χ2n) is 5.64. The molecule has 1 aromatic rings. The maximum atomic E-state index is 12.2. The number of amides is 1. The number of benzene rings is 1. The van der Waals surface area contributed by atoms with E-state index >= 15 is 0 Å². The fourth-order valence-electron chi connectivity index (χ4n) is 1.78. The van der Waals surface area contributed by atoms with Gasteiger partial charge in [0.15, 0.2) is 0 Å². The summed E-state index contributed by atoms with van der Waals surface area (Å²) < 4.78 is 0. The molecule has 0 N–H and O–H groups in total. The maximum absolute atomic E-state index is 12.2. The molecule has 0 bridgehead atoms. The molecule has 1 aromatic carbocycles. The van der Waals surface area contributed by atoms with Gasteiger partial charge in [-0.2, -0.15) is 0 Å². The van der Waals surface area contributed by atoms with Crippen molar-refractivity contribution < 1.29 is 9.72 Å². The molecular weight excluding hydrogens is 268 g/mol. The average molecular weight is 285 g/mol. The zero-order valence-electron chi connectivity index (χ0n) is 11.4. The Morgan fingerprint density at radius 3 is 2.42 bits per heavy atom. The van der Waals surface area contributed by atoms with Crippen LogP contribution in [-0.2, 0) is 0 Å². The summed E-state index contributed by atoms with van der Waals surface area (Å²) in [5, 5.41) is 10.7. The molecule has 0 radical (unpaired) electrons. The number of rotatable bonds is 3. The van der Waals surface area contributed by atoms with Crippen molar-refractivity contribution in [2.45, 2.75) is 20.8 Å². The molecule has 0 saturated heterocycles. The van der Waals surface area contributed by atoms with E-state index < -0.39 is 4.92 Å². The third-order valence-electron chi connectivity index (χ3n) is 2.45. The maximum Gasteiger partial charge on any atom is 0.270 e. The Morgan fingerprint density at radius 2 is 2.00 bits per heavy atom. The largest absolute Gasteiger partial charge is 0.341 e. The van der Waals surface area contributed by atoms with Gasteiger partial charge in [0.25, 0.3) is 11.6 Å². The smallest absolute Gasteiger partial charge is 0.270 e. The third-order valence-corrected chi connectivity index (χ3v) is 2.76. The number of halogens is 1. The molecule has 0 heterocycles. The number of non-ortho nitro benzene ring substituents is 1. The number of carbonyl (C=O) groups excluding carboxylic acids is 1. The third kappa shape index (κ3) is 4.21. The lowest BCUT2D eigenvalue weighted by atomic mass is 9.96. The number of hydrogen-bond acceptors (Lipinski definition) is 3. The second kappa shape index (κ2) is 5.57. The molecular formula is C13H17ClN2O3. The minimum absolute atomic E-state index is 0.0301. The number of nitro benzene ring substituents is 1. The summed E-state index contributed by atoms with van der Waals surface area (Å²) in [5.41, 5.74) is 0.122. The zero-order chi connectivity index (χ0) is 14.8. The topological polar surface area (TPSA) is 63.5 Å². The van der Waals surface area contributed by atoms with Crippen LogP contribution in [0.2, 0.25) is 5.02 Å². The Hall–Kier alpha value is -1.62. The van der Waals surface area contributed by atoms with Gasteiger partial charge in [0.2, 0.25) is 0 Å². The predicted molar refractivity (Wildman–Crippen MR) is 74.5 cm³/mol. The summed E-state index contributed by atoms with van der Waals surface area (Å²) >= 11 is 5.93. The second-order valence-corrected chi connectivity index (χ2v) is 6.05. The molecule has 1 rings (SSSR count). The van der Waals surface area contributed by atoms with Crippen molar-refractivity contribution in [3.63, 3.8) is 0 Å². The van der Waals surface area contributed by atoms with E-state index in [4.69, 9.17) is 11.6 Å². The van der Waals surface area contributed by atoms with Gasteiger partial charge in [-0.25, -0.2) is 0 Å². The van der Waals surface area contributed by atoms with E-state index in [0.717, 1.165) is 0 Å². The van der Waals surface area contributed by atoms with Gasteiger partial charge >= 0.3 is 0 Å². The van der Waals surface area contributed by atoms with Crippen LogP contribution in [0, 0.1) is 15.5 Å². The number of carbonyl (C=O) groups is 1. The highest BCUT2D eigenvalue weighted by atomic mass is 35.5. The van der Waals surface area contributed by atoms with E-state index in [1.165, 1.54) is 18.2 Å². The standard InChI is InChI=1S/C13H17ClN2O3/c1-13(2,3)8-15(4)12(17)10-6-5-9(16(18)19)7-11(10)14/h5-7H,8H2,1-4H3. The lowest BCUT2D eigenvalue weighted by Crippen LogP contribution is -2.34. The van der Waals surface area contributed by atoms with Gasteiger partial charge in [-0.1, -0.05) is 32.4 Å². The van der Waals surface area contributed by atoms with Gasteiger partial charge in [-0.15, -0.1) is 0 Å². The normalized spacial score (nSPS) is 11.2. The van der Waals surface area contributed by atoms with Crippen LogP contribution in [0.3, 0.4) is 0 Å². The van der Waals surface area contributed by atoms with Crippen LogP contribution >= 0.6 is 11.6 Å². The van der Waals surface area contributed by atoms with Crippen LogP contribution in [0.15, 0.2) is 18.2 Å². The van der Waals surface area contributed by atoms with Crippen LogP contribution in [0.1, 0.15) is 31.1 Å². The Labute approximate surface area is 117 Å². The number of nitrogens with zero attached hydrogens (tertiary/aromatic N) is 2. The molecule has 6 heteroatoms. The van der Waals surface area contributed by atoms with Gasteiger partial charge < -0.3 is 4.90 Å². The lowest BCUT2D eigenvalue weighted by molar-refractivity contribution is -0.384. The fourth-order valence-corrected chi connectivity index (χ4v) is 2.04. The highest BCUT2D eigenvalue weighted by molar-refractivity contribution is 6.34. The van der Waals surface area contributed by atoms with Crippen molar-refractivity contribution in [3.8, 4) is 0 Å². The van der Waals surface area contributed by atoms with Crippen LogP contribution < -0.4 is 0 Å². The zero-order valence-corrected chi connectivity index (χ0v) is 12.2. The van der Waals surface area contributed by atoms with E-state index in [2.05, 4.69) is 0 Å². The van der Waals surface area contributed by atoms with Crippen molar-refractivity contribution in [1.82, 2.24) is 4.90 Å². The SMILES string of the molecule is CN(CC(C)(C)C)C(=O)c1ccc([N+](=O)[O-])cc1Cl. The first-order valence-electron chi connectivity index (χ1n) is 5.81. The van der Waals surface area contributed by atoms with Gasteiger partial charge in [0.1, 0.15) is 0 Å². The first-order valence-corrected chi connectivity index (χ1v) is 6.19. The summed E-state index contributed by atoms with van der Waals surface area (Å²) in [6.45, 7) is 6.63. The summed E-state index contributed by atoms with van der Waals surface area (Å²) in [6.07, 6.45) is 0. The quantitative estimate of drug-likeness (QED) is 0.631. The van der Waals surface area contributed by atoms with E-state index in [0.29, 0.717) is 6.54 Å². The van der Waals surface area contributed by atoms with Crippen molar-refractivity contribution in [3.05, 3.63) is 38.9 Å². The van der Waals surface area contributed by atoms with Gasteiger partial charge in [-0.3, -0.25) is 14.9 Å². The monoisotopic (exact) mass is 284 g/mol. The first-order chi connectivity index (χ1) is 8.61. The van der Waals surface area contributed by atoms with Gasteiger partial charge in [-0.05, 0) is 11.5 Å². The van der Waals surface area contributed by atoms with E-state index in [1.807, 2.05) is 20.8 Å². The van der Waals surface area contributed by atoms with Crippen LogP contribution in [0.25, 0.3) is 0 Å². The van der Waals surface area contributed by atoms with Crippen LogP contribution in [0.4, 0.5) is 5.69 Å². The first kappa shape index (κ1) is 15.4. The highest BCUT2D eigenvalue weighted by Gasteiger charge is 2.21. The molecule has 0 saturated carbocycles. The molecule has 5 nitrogen and oxygen atoms in total. The molecule has 104 valence electrons. The molecule has 19 heavy (non-hydrogen) atoms. The van der Waals surface area contributed by atoms with Crippen molar-refractivity contribution in [2.24, 2.45) is 5.41 Å². The Balaban J connectivity index is 2.97. The van der Waals surface area contributed by atoms with Crippen molar-refractivity contribution >= 4 is 23.2 Å². The highest BCUT2D eigenvalue weighted by Crippen LogP contribution is 2.24. The molecule has 0 aliphatic heterocycles. The van der Waals surface area contributed by atoms with E-state index in [-0.39, 0.29) is 27.6 Å². The lowest BCUT2D eigenvalue weighted by Gasteiger charge is -2.26. The molecule has 1 amide bonds. The van der Waals surface area contributed by atoms with Gasteiger partial charge in [0, 0.05) is 25.7 Å².